The fourth-order valence-electron chi connectivity index (χ4n) is 1.55. The third-order valence-corrected chi connectivity index (χ3v) is 2.42. The Bertz CT molecular complexity index is 129. The van der Waals surface area contributed by atoms with Gasteiger partial charge in [0.15, 0.2) is 0 Å². The van der Waals surface area contributed by atoms with Crippen LogP contribution in [0.2, 0.25) is 0 Å². The molecule has 0 aliphatic heterocycles. The van der Waals surface area contributed by atoms with Crippen molar-refractivity contribution in [1.82, 2.24) is 0 Å². The van der Waals surface area contributed by atoms with E-state index in [0.29, 0.717) is 0 Å². The second-order valence-electron chi connectivity index (χ2n) is 3.28. The van der Waals surface area contributed by atoms with Gasteiger partial charge >= 0.3 is 0 Å². The van der Waals surface area contributed by atoms with E-state index in [1.54, 1.807) is 0 Å². The minimum absolute atomic E-state index is 0.718. The highest BCUT2D eigenvalue weighted by atomic mass is 16.5. The van der Waals surface area contributed by atoms with Crippen LogP contribution >= 0.6 is 0 Å². The fourth-order valence-corrected chi connectivity index (χ4v) is 1.55. The predicted octanol–water partition coefficient (Wildman–Crippen LogP) is 2.63. The van der Waals surface area contributed by atoms with E-state index in [-0.39, 0.29) is 0 Å². The van der Waals surface area contributed by atoms with Crippen LogP contribution in [0, 0.1) is 11.8 Å². The number of rotatable bonds is 3. The summed E-state index contributed by atoms with van der Waals surface area (Å²) in [4.78, 5) is 0. The molecular weight excluding hydrogens is 136 g/mol. The Hall–Kier alpha value is -0.300. The summed E-state index contributed by atoms with van der Waals surface area (Å²) in [6, 6.07) is 0. The lowest BCUT2D eigenvalue weighted by molar-refractivity contribution is 0.0918. The second kappa shape index (κ2) is 4.55. The van der Waals surface area contributed by atoms with E-state index in [1.807, 2.05) is 0 Å². The van der Waals surface area contributed by atoms with E-state index < -0.39 is 0 Å². The van der Waals surface area contributed by atoms with E-state index in [9.17, 15) is 0 Å². The van der Waals surface area contributed by atoms with E-state index in [0.717, 1.165) is 25.0 Å². The van der Waals surface area contributed by atoms with Gasteiger partial charge in [-0.05, 0) is 31.6 Å². The second-order valence-corrected chi connectivity index (χ2v) is 3.28. The zero-order valence-electron chi connectivity index (χ0n) is 7.55. The molecule has 1 aliphatic rings. The normalized spacial score (nSPS) is 30.7. The molecule has 1 nitrogen and oxygen atoms in total. The Balaban J connectivity index is 2.27. The van der Waals surface area contributed by atoms with Crippen molar-refractivity contribution >= 4 is 0 Å². The van der Waals surface area contributed by atoms with Gasteiger partial charge in [0.1, 0.15) is 0 Å². The fraction of sp³-hybridized carbons (Fsp3) is 0.800. The van der Waals surface area contributed by atoms with Crippen LogP contribution in [-0.2, 0) is 4.74 Å². The molecule has 1 rings (SSSR count). The van der Waals surface area contributed by atoms with Crippen LogP contribution < -0.4 is 0 Å². The highest BCUT2D eigenvalue weighted by molar-refractivity contribution is 4.94. The van der Waals surface area contributed by atoms with Gasteiger partial charge in [-0.3, -0.25) is 0 Å². The third kappa shape index (κ3) is 2.66. The zero-order chi connectivity index (χ0) is 8.10. The van der Waals surface area contributed by atoms with Crippen molar-refractivity contribution in [3.63, 3.8) is 0 Å². The summed E-state index contributed by atoms with van der Waals surface area (Å²) >= 11 is 0. The average Bonchev–Trinajstić information content (AvgIpc) is 2.03. The Labute approximate surface area is 69.4 Å². The van der Waals surface area contributed by atoms with Crippen molar-refractivity contribution in [2.24, 2.45) is 11.8 Å². The number of hydrogen-bond acceptors (Lipinski definition) is 1. The number of ether oxygens (including phenoxy) is 1. The Kier molecular flexibility index (Phi) is 3.64. The molecule has 0 saturated carbocycles. The van der Waals surface area contributed by atoms with Gasteiger partial charge in [-0.25, -0.2) is 0 Å². The summed E-state index contributed by atoms with van der Waals surface area (Å²) in [6.07, 6.45) is 7.14. The van der Waals surface area contributed by atoms with Gasteiger partial charge in [0.05, 0.1) is 0 Å². The first-order chi connectivity index (χ1) is 5.34. The summed E-state index contributed by atoms with van der Waals surface area (Å²) in [5.74, 6) is 1.48. The first-order valence-electron chi connectivity index (χ1n) is 4.59. The topological polar surface area (TPSA) is 9.23 Å². The summed E-state index contributed by atoms with van der Waals surface area (Å²) in [5.41, 5.74) is 0. The summed E-state index contributed by atoms with van der Waals surface area (Å²) in [6.45, 7) is 6.14. The molecule has 0 aromatic heterocycles. The molecule has 0 bridgehead atoms. The van der Waals surface area contributed by atoms with Crippen LogP contribution in [0.3, 0.4) is 0 Å². The predicted molar refractivity (Wildman–Crippen MR) is 47.5 cm³/mol. The molecule has 2 atom stereocenters. The summed E-state index contributed by atoms with van der Waals surface area (Å²) < 4.78 is 5.41. The molecule has 0 fully saturated rings. The van der Waals surface area contributed by atoms with Gasteiger partial charge in [0.25, 0.3) is 0 Å². The lowest BCUT2D eigenvalue weighted by Gasteiger charge is -2.23. The summed E-state index contributed by atoms with van der Waals surface area (Å²) in [5, 5.41) is 0. The van der Waals surface area contributed by atoms with Crippen LogP contribution in [-0.4, -0.2) is 13.2 Å². The molecule has 1 unspecified atom stereocenters. The third-order valence-electron chi connectivity index (χ3n) is 2.42. The Morgan fingerprint density at radius 2 is 2.36 bits per heavy atom. The molecule has 11 heavy (non-hydrogen) atoms. The zero-order valence-corrected chi connectivity index (χ0v) is 7.55. The Morgan fingerprint density at radius 1 is 1.55 bits per heavy atom. The lowest BCUT2D eigenvalue weighted by atomic mass is 9.86. The molecule has 0 saturated heterocycles. The van der Waals surface area contributed by atoms with Gasteiger partial charge in [0, 0.05) is 13.2 Å². The van der Waals surface area contributed by atoms with Crippen LogP contribution in [0.25, 0.3) is 0 Å². The van der Waals surface area contributed by atoms with E-state index in [4.69, 9.17) is 4.74 Å². The molecule has 64 valence electrons. The average molecular weight is 154 g/mol. The minimum atomic E-state index is 0.718. The van der Waals surface area contributed by atoms with Crippen LogP contribution in [0.15, 0.2) is 12.2 Å². The van der Waals surface area contributed by atoms with Crippen molar-refractivity contribution in [3.8, 4) is 0 Å². The summed E-state index contributed by atoms with van der Waals surface area (Å²) in [7, 11) is 0. The smallest absolute Gasteiger partial charge is 0.0499 e. The van der Waals surface area contributed by atoms with Crippen LogP contribution in [0.4, 0.5) is 0 Å². The highest BCUT2D eigenvalue weighted by Crippen LogP contribution is 2.24. The van der Waals surface area contributed by atoms with Gasteiger partial charge in [-0.15, -0.1) is 0 Å². The molecule has 0 spiro atoms. The van der Waals surface area contributed by atoms with Crippen molar-refractivity contribution < 1.29 is 4.74 Å². The largest absolute Gasteiger partial charge is 0.381 e. The van der Waals surface area contributed by atoms with Crippen LogP contribution in [0.5, 0.6) is 0 Å². The molecule has 0 aromatic carbocycles. The van der Waals surface area contributed by atoms with Gasteiger partial charge in [0.2, 0.25) is 0 Å². The minimum Gasteiger partial charge on any atom is -0.381 e. The molecule has 1 heteroatoms. The SMILES string of the molecule is CCOC[C@@H]1CCC=CC1C. The van der Waals surface area contributed by atoms with Crippen molar-refractivity contribution in [2.45, 2.75) is 26.7 Å². The maximum Gasteiger partial charge on any atom is 0.0499 e. The first kappa shape index (κ1) is 8.79. The lowest BCUT2D eigenvalue weighted by Crippen LogP contribution is -2.18. The standard InChI is InChI=1S/C10H18O/c1-3-11-8-10-7-5-4-6-9(10)2/h4,6,9-10H,3,5,7-8H2,1-2H3/t9?,10-/m0/s1. The quantitative estimate of drug-likeness (QED) is 0.568. The maximum absolute atomic E-state index is 5.41. The van der Waals surface area contributed by atoms with Gasteiger partial charge < -0.3 is 4.74 Å². The maximum atomic E-state index is 5.41. The molecule has 0 heterocycles. The van der Waals surface area contributed by atoms with Crippen LogP contribution in [0.1, 0.15) is 26.7 Å². The Morgan fingerprint density at radius 3 is 3.00 bits per heavy atom. The molecule has 0 aromatic rings. The molecule has 0 amide bonds. The van der Waals surface area contributed by atoms with E-state index >= 15 is 0 Å². The molecular formula is C10H18O. The molecule has 1 aliphatic carbocycles. The van der Waals surface area contributed by atoms with Gasteiger partial charge in [-0.1, -0.05) is 19.1 Å². The van der Waals surface area contributed by atoms with Crippen molar-refractivity contribution in [1.29, 1.82) is 0 Å². The van der Waals surface area contributed by atoms with E-state index in [2.05, 4.69) is 26.0 Å². The van der Waals surface area contributed by atoms with Crippen molar-refractivity contribution in [3.05, 3.63) is 12.2 Å². The van der Waals surface area contributed by atoms with E-state index in [1.165, 1.54) is 12.8 Å². The molecule has 0 radical (unpaired) electrons. The monoisotopic (exact) mass is 154 g/mol. The molecule has 0 N–H and O–H groups in total. The van der Waals surface area contributed by atoms with Gasteiger partial charge in [-0.2, -0.15) is 0 Å². The number of hydrogen-bond donors (Lipinski definition) is 0. The highest BCUT2D eigenvalue weighted by Gasteiger charge is 2.16. The van der Waals surface area contributed by atoms with Crippen molar-refractivity contribution in [2.75, 3.05) is 13.2 Å². The number of allylic oxidation sites excluding steroid dienone is 2. The first-order valence-corrected chi connectivity index (χ1v) is 4.59.